The highest BCUT2D eigenvalue weighted by Gasteiger charge is 2.58. The monoisotopic (exact) mass is 335 g/mol. The van der Waals surface area contributed by atoms with Crippen LogP contribution in [0, 0.1) is 12.8 Å². The zero-order valence-corrected chi connectivity index (χ0v) is 13.8. The Kier molecular flexibility index (Phi) is 4.02. The van der Waals surface area contributed by atoms with Crippen LogP contribution in [0.5, 0.6) is 0 Å². The molecule has 2 N–H and O–H groups in total. The maximum Gasteiger partial charge on any atom is 0.182 e. The van der Waals surface area contributed by atoms with Crippen LogP contribution in [-0.4, -0.2) is 20.2 Å². The Morgan fingerprint density at radius 1 is 1.14 bits per heavy atom. The molecule has 0 amide bonds. The van der Waals surface area contributed by atoms with E-state index >= 15 is 0 Å². The number of sulfone groups is 1. The molecule has 0 heterocycles. The lowest BCUT2D eigenvalue weighted by atomic mass is 10.1. The first-order chi connectivity index (χ1) is 10.4. The molecule has 1 fully saturated rings. The lowest BCUT2D eigenvalue weighted by Gasteiger charge is -2.05. The zero-order chi connectivity index (χ0) is 15.9. The van der Waals surface area contributed by atoms with E-state index in [1.807, 2.05) is 37.3 Å². The van der Waals surface area contributed by atoms with Crippen molar-refractivity contribution in [2.75, 3.05) is 6.54 Å². The van der Waals surface area contributed by atoms with Crippen molar-refractivity contribution in [1.82, 2.24) is 0 Å². The van der Waals surface area contributed by atoms with Crippen LogP contribution in [0.4, 0.5) is 0 Å². The van der Waals surface area contributed by atoms with E-state index in [4.69, 9.17) is 17.3 Å². The van der Waals surface area contributed by atoms with Gasteiger partial charge < -0.3 is 5.73 Å². The first-order valence-electron chi connectivity index (χ1n) is 7.21. The smallest absolute Gasteiger partial charge is 0.182 e. The molecule has 3 atom stereocenters. The molecule has 0 unspecified atom stereocenters. The van der Waals surface area contributed by atoms with Crippen LogP contribution in [0.1, 0.15) is 17.0 Å². The van der Waals surface area contributed by atoms with E-state index in [9.17, 15) is 8.42 Å². The Labute approximate surface area is 136 Å². The summed E-state index contributed by atoms with van der Waals surface area (Å²) in [5.41, 5.74) is 7.78. The predicted molar refractivity (Wildman–Crippen MR) is 88.9 cm³/mol. The highest BCUT2D eigenvalue weighted by Crippen LogP contribution is 2.53. The maximum absolute atomic E-state index is 12.9. The molecular formula is C17H18ClNO2S. The van der Waals surface area contributed by atoms with Gasteiger partial charge in [0.25, 0.3) is 0 Å². The molecule has 0 aliphatic heterocycles. The number of aryl methyl sites for hydroxylation is 1. The molecule has 22 heavy (non-hydrogen) atoms. The van der Waals surface area contributed by atoms with Crippen molar-refractivity contribution in [3.8, 4) is 0 Å². The number of hydrogen-bond donors (Lipinski definition) is 1. The van der Waals surface area contributed by atoms with Crippen LogP contribution < -0.4 is 5.73 Å². The molecule has 0 saturated heterocycles. The van der Waals surface area contributed by atoms with Crippen LogP contribution in [0.25, 0.3) is 0 Å². The van der Waals surface area contributed by atoms with Gasteiger partial charge in [-0.3, -0.25) is 0 Å². The molecule has 2 aromatic rings. The molecule has 116 valence electrons. The molecule has 2 aromatic carbocycles. The van der Waals surface area contributed by atoms with Gasteiger partial charge in [-0.2, -0.15) is 0 Å². The Hall–Kier alpha value is -1.36. The van der Waals surface area contributed by atoms with Gasteiger partial charge in [0, 0.05) is 10.9 Å². The SMILES string of the molecule is Cc1ccc(S(=O)(=O)[C@@H]2[C@H](CN)[C@@H]2c2cccc(Cl)c2)cc1. The van der Waals surface area contributed by atoms with Crippen molar-refractivity contribution in [3.63, 3.8) is 0 Å². The lowest BCUT2D eigenvalue weighted by molar-refractivity contribution is 0.591. The van der Waals surface area contributed by atoms with E-state index in [1.165, 1.54) is 0 Å². The van der Waals surface area contributed by atoms with E-state index in [-0.39, 0.29) is 11.8 Å². The normalized spacial score (nSPS) is 24.2. The second-order valence-corrected chi connectivity index (χ2v) is 8.35. The van der Waals surface area contributed by atoms with Gasteiger partial charge in [0.15, 0.2) is 9.84 Å². The van der Waals surface area contributed by atoms with Crippen molar-refractivity contribution in [2.24, 2.45) is 11.7 Å². The number of benzene rings is 2. The van der Waals surface area contributed by atoms with Crippen LogP contribution in [0.15, 0.2) is 53.4 Å². The van der Waals surface area contributed by atoms with E-state index in [1.54, 1.807) is 18.2 Å². The number of halogens is 1. The highest BCUT2D eigenvalue weighted by molar-refractivity contribution is 7.92. The van der Waals surface area contributed by atoms with Crippen LogP contribution in [0.3, 0.4) is 0 Å². The quantitative estimate of drug-likeness (QED) is 0.933. The van der Waals surface area contributed by atoms with Crippen LogP contribution in [-0.2, 0) is 9.84 Å². The average Bonchev–Trinajstić information content (AvgIpc) is 3.23. The summed E-state index contributed by atoms with van der Waals surface area (Å²) in [4.78, 5) is 0.367. The van der Waals surface area contributed by atoms with Crippen molar-refractivity contribution >= 4 is 21.4 Å². The van der Waals surface area contributed by atoms with E-state index in [2.05, 4.69) is 0 Å². The van der Waals surface area contributed by atoms with Gasteiger partial charge in [-0.05, 0) is 49.2 Å². The summed E-state index contributed by atoms with van der Waals surface area (Å²) in [6.45, 7) is 2.29. The molecule has 1 aliphatic rings. The second kappa shape index (κ2) is 5.69. The predicted octanol–water partition coefficient (Wildman–Crippen LogP) is 3.16. The second-order valence-electron chi connectivity index (χ2n) is 5.80. The Bertz CT molecular complexity index is 787. The minimum absolute atomic E-state index is 0.0511. The molecule has 0 aromatic heterocycles. The van der Waals surface area contributed by atoms with E-state index < -0.39 is 15.1 Å². The van der Waals surface area contributed by atoms with Gasteiger partial charge in [-0.25, -0.2) is 8.42 Å². The number of nitrogens with two attached hydrogens (primary N) is 1. The topological polar surface area (TPSA) is 60.2 Å². The Morgan fingerprint density at radius 2 is 1.82 bits per heavy atom. The fraction of sp³-hybridized carbons (Fsp3) is 0.294. The van der Waals surface area contributed by atoms with Gasteiger partial charge in [0.2, 0.25) is 0 Å². The number of rotatable bonds is 4. The fourth-order valence-corrected chi connectivity index (χ4v) is 5.51. The van der Waals surface area contributed by atoms with Crippen molar-refractivity contribution in [1.29, 1.82) is 0 Å². The summed E-state index contributed by atoms with van der Waals surface area (Å²) < 4.78 is 25.7. The van der Waals surface area contributed by atoms with Gasteiger partial charge in [0.1, 0.15) is 0 Å². The average molecular weight is 336 g/mol. The summed E-state index contributed by atoms with van der Waals surface area (Å²) in [7, 11) is -3.38. The Balaban J connectivity index is 1.95. The fourth-order valence-electron chi connectivity index (χ4n) is 3.08. The summed E-state index contributed by atoms with van der Waals surface area (Å²) in [5.74, 6) is -0.125. The summed E-state index contributed by atoms with van der Waals surface area (Å²) in [6.07, 6.45) is 0. The minimum atomic E-state index is -3.38. The van der Waals surface area contributed by atoms with Crippen LogP contribution in [0.2, 0.25) is 5.02 Å². The summed E-state index contributed by atoms with van der Waals surface area (Å²) in [6, 6.07) is 14.4. The molecule has 0 radical (unpaired) electrons. The van der Waals surface area contributed by atoms with Gasteiger partial charge in [0.05, 0.1) is 10.1 Å². The third-order valence-electron chi connectivity index (χ3n) is 4.31. The largest absolute Gasteiger partial charge is 0.330 e. The van der Waals surface area contributed by atoms with Gasteiger partial charge in [-0.1, -0.05) is 41.4 Å². The molecule has 5 heteroatoms. The van der Waals surface area contributed by atoms with Gasteiger partial charge in [-0.15, -0.1) is 0 Å². The van der Waals surface area contributed by atoms with Gasteiger partial charge >= 0.3 is 0 Å². The van der Waals surface area contributed by atoms with Crippen LogP contribution >= 0.6 is 11.6 Å². The lowest BCUT2D eigenvalue weighted by Crippen LogP contribution is -2.13. The molecule has 3 nitrogen and oxygen atoms in total. The molecule has 0 spiro atoms. The van der Waals surface area contributed by atoms with Crippen molar-refractivity contribution in [3.05, 3.63) is 64.7 Å². The molecule has 3 rings (SSSR count). The first-order valence-corrected chi connectivity index (χ1v) is 9.13. The molecule has 1 aliphatic carbocycles. The maximum atomic E-state index is 12.9. The number of hydrogen-bond acceptors (Lipinski definition) is 3. The standard InChI is InChI=1S/C17H18ClNO2S/c1-11-5-7-14(8-6-11)22(20,21)17-15(10-19)16(17)12-3-2-4-13(18)9-12/h2-9,15-17H,10,19H2,1H3/t15-,16+,17-/m1/s1. The highest BCUT2D eigenvalue weighted by atomic mass is 35.5. The summed E-state index contributed by atoms with van der Waals surface area (Å²) >= 11 is 6.02. The van der Waals surface area contributed by atoms with Crippen molar-refractivity contribution in [2.45, 2.75) is 23.0 Å². The molecule has 1 saturated carbocycles. The van der Waals surface area contributed by atoms with Crippen molar-refractivity contribution < 1.29 is 8.42 Å². The minimum Gasteiger partial charge on any atom is -0.330 e. The van der Waals surface area contributed by atoms with E-state index in [0.717, 1.165) is 11.1 Å². The molecule has 0 bridgehead atoms. The third kappa shape index (κ3) is 2.67. The summed E-state index contributed by atoms with van der Waals surface area (Å²) in [5, 5.41) is 0.158. The third-order valence-corrected chi connectivity index (χ3v) is 6.83. The van der Waals surface area contributed by atoms with E-state index in [0.29, 0.717) is 16.5 Å². The molecular weight excluding hydrogens is 318 g/mol. The first kappa shape index (κ1) is 15.5. The zero-order valence-electron chi connectivity index (χ0n) is 12.2. The Morgan fingerprint density at radius 3 is 2.41 bits per heavy atom.